The Kier molecular flexibility index (Phi) is 5.74. The average molecular weight is 445 g/mol. The summed E-state index contributed by atoms with van der Waals surface area (Å²) in [5, 5.41) is 3.12. The maximum atomic E-state index is 13.3. The molecule has 0 saturated heterocycles. The molecule has 1 heterocycles. The average Bonchev–Trinajstić information content (AvgIpc) is 2.91. The van der Waals surface area contributed by atoms with Gasteiger partial charge in [-0.25, -0.2) is 4.79 Å². The number of hydrogen-bond acceptors (Lipinski definition) is 5. The second-order valence-corrected chi connectivity index (χ2v) is 7.10. The van der Waals surface area contributed by atoms with Crippen LogP contribution in [-0.2, 0) is 14.3 Å². The lowest BCUT2D eigenvalue weighted by atomic mass is 10.0. The van der Waals surface area contributed by atoms with Gasteiger partial charge in [-0.3, -0.25) is 9.69 Å². The predicted molar refractivity (Wildman–Crippen MR) is 112 cm³/mol. The zero-order valence-corrected chi connectivity index (χ0v) is 17.4. The molecule has 1 atom stereocenters. The number of esters is 1. The van der Waals surface area contributed by atoms with E-state index in [2.05, 4.69) is 21.2 Å². The lowest BCUT2D eigenvalue weighted by molar-refractivity contribution is -0.147. The molecule has 3 rings (SSSR count). The molecule has 0 aromatic heterocycles. The molecule has 0 saturated carbocycles. The second kappa shape index (κ2) is 8.06. The van der Waals surface area contributed by atoms with Crippen molar-refractivity contribution in [3.05, 3.63) is 64.8 Å². The monoisotopic (exact) mass is 444 g/mol. The number of amides is 1. The Morgan fingerprint density at radius 3 is 2.36 bits per heavy atom. The molecule has 1 amide bonds. The lowest BCUT2D eigenvalue weighted by Gasteiger charge is -2.33. The Morgan fingerprint density at radius 2 is 1.79 bits per heavy atom. The van der Waals surface area contributed by atoms with Gasteiger partial charge in [0, 0.05) is 11.4 Å². The predicted octanol–water partition coefficient (Wildman–Crippen LogP) is 4.08. The van der Waals surface area contributed by atoms with Crippen LogP contribution in [-0.4, -0.2) is 31.1 Å². The quantitative estimate of drug-likeness (QED) is 0.679. The highest BCUT2D eigenvalue weighted by Crippen LogP contribution is 2.43. The highest BCUT2D eigenvalue weighted by molar-refractivity contribution is 9.11. The summed E-state index contributed by atoms with van der Waals surface area (Å²) >= 11 is 3.49. The molecule has 1 aliphatic rings. The second-order valence-electron chi connectivity index (χ2n) is 6.31. The summed E-state index contributed by atoms with van der Waals surface area (Å²) in [6.45, 7) is 3.62. The molecule has 0 spiro atoms. The van der Waals surface area contributed by atoms with E-state index in [1.807, 2.05) is 18.2 Å². The van der Waals surface area contributed by atoms with Crippen LogP contribution in [0.15, 0.2) is 64.8 Å². The van der Waals surface area contributed by atoms with Crippen LogP contribution in [0.5, 0.6) is 5.75 Å². The molecule has 1 N–H and O–H groups in total. The molecule has 0 bridgehead atoms. The van der Waals surface area contributed by atoms with E-state index in [0.29, 0.717) is 21.6 Å². The molecule has 6 nitrogen and oxygen atoms in total. The zero-order chi connectivity index (χ0) is 20.3. The number of carbonyl (C=O) groups is 2. The topological polar surface area (TPSA) is 67.9 Å². The van der Waals surface area contributed by atoms with Gasteiger partial charge >= 0.3 is 5.97 Å². The van der Waals surface area contributed by atoms with E-state index in [1.54, 1.807) is 57.4 Å². The number of nitrogens with zero attached hydrogens (tertiary/aromatic N) is 1. The minimum Gasteiger partial charge on any atom is -0.497 e. The largest absolute Gasteiger partial charge is 0.497 e. The van der Waals surface area contributed by atoms with Crippen molar-refractivity contribution in [1.29, 1.82) is 0 Å². The third-order valence-corrected chi connectivity index (χ3v) is 5.73. The number of methoxy groups -OCH3 is 1. The van der Waals surface area contributed by atoms with Crippen molar-refractivity contribution in [3.63, 3.8) is 0 Å². The third-order valence-electron chi connectivity index (χ3n) is 4.56. The molecule has 0 radical (unpaired) electrons. The Bertz CT molecular complexity index is 912. The van der Waals surface area contributed by atoms with Crippen molar-refractivity contribution in [2.45, 2.75) is 19.4 Å². The summed E-state index contributed by atoms with van der Waals surface area (Å²) in [5.41, 5.74) is 0.266. The summed E-state index contributed by atoms with van der Waals surface area (Å²) in [7, 11) is 1.59. The molecule has 7 heteroatoms. The maximum absolute atomic E-state index is 13.3. The van der Waals surface area contributed by atoms with Gasteiger partial charge in [-0.15, -0.1) is 0 Å². The normalized spacial score (nSPS) is 19.0. The van der Waals surface area contributed by atoms with Gasteiger partial charge in [-0.05, 0) is 66.2 Å². The number of ether oxygens (including phenoxy) is 2. The molecule has 2 aromatic carbocycles. The smallest absolute Gasteiger partial charge is 0.337 e. The number of hydrogen-bond donors (Lipinski definition) is 1. The van der Waals surface area contributed by atoms with Gasteiger partial charge in [0.1, 0.15) is 11.4 Å². The first-order chi connectivity index (χ1) is 13.4. The summed E-state index contributed by atoms with van der Waals surface area (Å²) in [6, 6.07) is 16.2. The van der Waals surface area contributed by atoms with Crippen LogP contribution >= 0.6 is 15.9 Å². The zero-order valence-electron chi connectivity index (χ0n) is 15.9. The number of halogens is 1. The summed E-state index contributed by atoms with van der Waals surface area (Å²) in [6.07, 6.45) is 0. The molecular formula is C21H21BrN2O4. The van der Waals surface area contributed by atoms with Crippen LogP contribution in [0.4, 0.5) is 11.4 Å². The summed E-state index contributed by atoms with van der Waals surface area (Å²) < 4.78 is 10.9. The van der Waals surface area contributed by atoms with Crippen LogP contribution in [0.2, 0.25) is 0 Å². The maximum Gasteiger partial charge on any atom is 0.337 e. The fraction of sp³-hybridized carbons (Fsp3) is 0.238. The molecule has 2 aromatic rings. The first-order valence-electron chi connectivity index (χ1n) is 8.81. The van der Waals surface area contributed by atoms with Crippen LogP contribution in [0.1, 0.15) is 13.8 Å². The number of anilines is 2. The Balaban J connectivity index is 2.04. The first kappa shape index (κ1) is 19.9. The van der Waals surface area contributed by atoms with Crippen molar-refractivity contribution in [1.82, 2.24) is 0 Å². The molecule has 0 aliphatic carbocycles. The Hall–Kier alpha value is -2.80. The van der Waals surface area contributed by atoms with Crippen LogP contribution in [0.25, 0.3) is 0 Å². The van der Waals surface area contributed by atoms with Gasteiger partial charge in [0.25, 0.3) is 5.91 Å². The minimum atomic E-state index is -1.32. The van der Waals surface area contributed by atoms with E-state index in [0.717, 1.165) is 0 Å². The van der Waals surface area contributed by atoms with E-state index in [1.165, 1.54) is 4.90 Å². The molecule has 146 valence electrons. The standard InChI is InChI=1S/C21H21BrN2O4/c1-4-28-20(26)21(2)18(22)17(23-14-10-12-16(27-3)13-11-14)19(25)24(21)15-8-6-5-7-9-15/h5-13,23H,4H2,1-3H3/t21-/m1/s1. The number of rotatable bonds is 6. The van der Waals surface area contributed by atoms with Crippen LogP contribution in [0, 0.1) is 0 Å². The number of benzene rings is 2. The van der Waals surface area contributed by atoms with E-state index in [9.17, 15) is 9.59 Å². The van der Waals surface area contributed by atoms with E-state index in [4.69, 9.17) is 9.47 Å². The molecule has 0 fully saturated rings. The van der Waals surface area contributed by atoms with E-state index < -0.39 is 11.5 Å². The summed E-state index contributed by atoms with van der Waals surface area (Å²) in [5.74, 6) is -0.131. The molecular weight excluding hydrogens is 424 g/mol. The number of para-hydroxylation sites is 1. The molecule has 1 aliphatic heterocycles. The van der Waals surface area contributed by atoms with Crippen molar-refractivity contribution >= 4 is 39.2 Å². The van der Waals surface area contributed by atoms with Crippen molar-refractivity contribution in [3.8, 4) is 5.75 Å². The first-order valence-corrected chi connectivity index (χ1v) is 9.61. The third kappa shape index (κ3) is 3.38. The fourth-order valence-corrected chi connectivity index (χ4v) is 3.69. The van der Waals surface area contributed by atoms with Crippen molar-refractivity contribution in [2.24, 2.45) is 0 Å². The molecule has 0 unspecified atom stereocenters. The van der Waals surface area contributed by atoms with Gasteiger partial charge in [-0.1, -0.05) is 18.2 Å². The van der Waals surface area contributed by atoms with E-state index in [-0.39, 0.29) is 18.2 Å². The number of carbonyl (C=O) groups excluding carboxylic acids is 2. The summed E-state index contributed by atoms with van der Waals surface area (Å²) in [4.78, 5) is 27.6. The van der Waals surface area contributed by atoms with Gasteiger partial charge < -0.3 is 14.8 Å². The minimum absolute atomic E-state index is 0.215. The van der Waals surface area contributed by atoms with Gasteiger partial charge in [-0.2, -0.15) is 0 Å². The van der Waals surface area contributed by atoms with Gasteiger partial charge in [0.2, 0.25) is 0 Å². The Labute approximate surface area is 172 Å². The SMILES string of the molecule is CCOC(=O)[C@@]1(C)C(Br)=C(Nc2ccc(OC)cc2)C(=O)N1c1ccccc1. The fourth-order valence-electron chi connectivity index (χ4n) is 3.08. The van der Waals surface area contributed by atoms with Crippen LogP contribution in [0.3, 0.4) is 0 Å². The van der Waals surface area contributed by atoms with Gasteiger partial charge in [0.15, 0.2) is 5.54 Å². The van der Waals surface area contributed by atoms with Gasteiger partial charge in [0.05, 0.1) is 18.2 Å². The van der Waals surface area contributed by atoms with Crippen molar-refractivity contribution < 1.29 is 19.1 Å². The van der Waals surface area contributed by atoms with E-state index >= 15 is 0 Å². The molecule has 28 heavy (non-hydrogen) atoms. The highest BCUT2D eigenvalue weighted by atomic mass is 79.9. The lowest BCUT2D eigenvalue weighted by Crippen LogP contribution is -2.52. The Morgan fingerprint density at radius 1 is 1.14 bits per heavy atom. The van der Waals surface area contributed by atoms with Crippen molar-refractivity contribution in [2.75, 3.05) is 23.9 Å². The highest BCUT2D eigenvalue weighted by Gasteiger charge is 2.54. The number of nitrogens with one attached hydrogen (secondary N) is 1. The van der Waals surface area contributed by atoms with Crippen LogP contribution < -0.4 is 15.0 Å².